The molecule has 1 aliphatic heterocycles. The predicted octanol–water partition coefficient (Wildman–Crippen LogP) is 4.24. The van der Waals surface area contributed by atoms with Crippen molar-refractivity contribution < 1.29 is 0 Å². The van der Waals surface area contributed by atoms with Crippen LogP contribution in [0.25, 0.3) is 0 Å². The van der Waals surface area contributed by atoms with E-state index in [-0.39, 0.29) is 24.0 Å². The number of hydrogen-bond acceptors (Lipinski definition) is 2. The van der Waals surface area contributed by atoms with E-state index in [0.29, 0.717) is 6.04 Å². The number of nitrogens with zero attached hydrogens (tertiary/aromatic N) is 2. The zero-order valence-corrected chi connectivity index (χ0v) is 19.5. The van der Waals surface area contributed by atoms with Crippen LogP contribution >= 0.6 is 39.9 Å². The Morgan fingerprint density at radius 2 is 1.88 bits per heavy atom. The monoisotopic (exact) mass is 522 g/mol. The minimum Gasteiger partial charge on any atom is -0.356 e. The summed E-state index contributed by atoms with van der Waals surface area (Å²) in [7, 11) is 1.85. The van der Waals surface area contributed by atoms with Gasteiger partial charge in [0.25, 0.3) is 0 Å². The van der Waals surface area contributed by atoms with Gasteiger partial charge >= 0.3 is 0 Å². The maximum atomic E-state index is 4.35. The first-order valence-corrected chi connectivity index (χ1v) is 9.80. The Balaban J connectivity index is 0.00000312. The molecule has 0 saturated carbocycles. The van der Waals surface area contributed by atoms with Crippen molar-refractivity contribution in [3.8, 4) is 0 Å². The van der Waals surface area contributed by atoms with Gasteiger partial charge in [0, 0.05) is 43.7 Å². The fraction of sp³-hybridized carbons (Fsp3) is 0.632. The first kappa shape index (κ1) is 22.7. The van der Waals surface area contributed by atoms with Crippen LogP contribution in [0.4, 0.5) is 0 Å². The summed E-state index contributed by atoms with van der Waals surface area (Å²) in [5.41, 5.74) is 1.38. The summed E-state index contributed by atoms with van der Waals surface area (Å²) in [6.45, 7) is 8.80. The summed E-state index contributed by atoms with van der Waals surface area (Å²) in [4.78, 5) is 6.89. The Bertz CT molecular complexity index is 511. The molecule has 25 heavy (non-hydrogen) atoms. The topological polar surface area (TPSA) is 39.7 Å². The molecule has 0 amide bonds. The number of nitrogens with one attached hydrogen (secondary N) is 2. The smallest absolute Gasteiger partial charge is 0.191 e. The lowest BCUT2D eigenvalue weighted by Gasteiger charge is -2.33. The van der Waals surface area contributed by atoms with Gasteiger partial charge in [0.1, 0.15) is 0 Å². The first-order valence-electron chi connectivity index (χ1n) is 9.01. The molecule has 1 fully saturated rings. The fourth-order valence-electron chi connectivity index (χ4n) is 2.95. The van der Waals surface area contributed by atoms with Crippen molar-refractivity contribution >= 4 is 45.9 Å². The number of halogens is 2. The summed E-state index contributed by atoms with van der Waals surface area (Å²) in [5, 5.41) is 7.00. The van der Waals surface area contributed by atoms with E-state index in [4.69, 9.17) is 0 Å². The fourth-order valence-corrected chi connectivity index (χ4v) is 3.21. The Labute approximate surface area is 178 Å². The highest BCUT2D eigenvalue weighted by atomic mass is 127. The van der Waals surface area contributed by atoms with Gasteiger partial charge in [0.05, 0.1) is 0 Å². The molecule has 4 nitrogen and oxygen atoms in total. The van der Waals surface area contributed by atoms with Crippen molar-refractivity contribution in [2.75, 3.05) is 26.7 Å². The van der Waals surface area contributed by atoms with Gasteiger partial charge in [-0.2, -0.15) is 0 Å². The summed E-state index contributed by atoms with van der Waals surface area (Å²) in [5.74, 6) is 1.67. The lowest BCUT2D eigenvalue weighted by atomic mass is 10.0. The van der Waals surface area contributed by atoms with Crippen LogP contribution in [0.2, 0.25) is 0 Å². The van der Waals surface area contributed by atoms with E-state index in [9.17, 15) is 0 Å². The van der Waals surface area contributed by atoms with Crippen molar-refractivity contribution in [1.29, 1.82) is 0 Å². The quantitative estimate of drug-likeness (QED) is 0.333. The van der Waals surface area contributed by atoms with Gasteiger partial charge in [-0.3, -0.25) is 9.89 Å². The molecule has 6 heteroatoms. The second-order valence-corrected chi connectivity index (χ2v) is 7.92. The highest BCUT2D eigenvalue weighted by Crippen LogP contribution is 2.16. The molecule has 0 spiro atoms. The second kappa shape index (κ2) is 12.1. The van der Waals surface area contributed by atoms with Crippen molar-refractivity contribution in [1.82, 2.24) is 15.5 Å². The molecule has 142 valence electrons. The van der Waals surface area contributed by atoms with Crippen LogP contribution in [-0.4, -0.2) is 43.6 Å². The molecule has 1 aliphatic rings. The van der Waals surface area contributed by atoms with Gasteiger partial charge in [-0.05, 0) is 42.9 Å². The molecule has 1 heterocycles. The normalized spacial score (nSPS) is 16.6. The van der Waals surface area contributed by atoms with E-state index in [1.165, 1.54) is 24.8 Å². The van der Waals surface area contributed by atoms with E-state index in [1.807, 2.05) is 7.05 Å². The van der Waals surface area contributed by atoms with Crippen molar-refractivity contribution in [3.63, 3.8) is 0 Å². The number of hydrogen-bond donors (Lipinski definition) is 2. The molecule has 0 radical (unpaired) electrons. The number of benzene rings is 1. The van der Waals surface area contributed by atoms with Gasteiger partial charge in [-0.15, -0.1) is 24.0 Å². The van der Waals surface area contributed by atoms with Crippen molar-refractivity contribution in [2.24, 2.45) is 10.9 Å². The van der Waals surface area contributed by atoms with Crippen molar-refractivity contribution in [2.45, 2.75) is 45.7 Å². The van der Waals surface area contributed by atoms with E-state index < -0.39 is 0 Å². The Kier molecular flexibility index (Phi) is 11.0. The summed E-state index contributed by atoms with van der Waals surface area (Å²) in [6, 6.07) is 9.17. The van der Waals surface area contributed by atoms with Crippen LogP contribution in [0.5, 0.6) is 0 Å². The molecule has 0 aromatic heterocycles. The number of aliphatic imine (C=N–C) groups is 1. The van der Waals surface area contributed by atoms with Crippen LogP contribution in [0.15, 0.2) is 33.7 Å². The molecule has 1 saturated heterocycles. The highest BCUT2D eigenvalue weighted by molar-refractivity contribution is 14.0. The molecular weight excluding hydrogens is 491 g/mol. The Morgan fingerprint density at radius 3 is 2.44 bits per heavy atom. The third kappa shape index (κ3) is 8.73. The van der Waals surface area contributed by atoms with E-state index >= 15 is 0 Å². The van der Waals surface area contributed by atoms with E-state index in [1.54, 1.807) is 0 Å². The molecule has 2 rings (SSSR count). The zero-order valence-electron chi connectivity index (χ0n) is 15.6. The number of piperidine rings is 1. The number of likely N-dealkylation sites (tertiary alicyclic amines) is 1. The van der Waals surface area contributed by atoms with E-state index in [0.717, 1.165) is 42.5 Å². The van der Waals surface area contributed by atoms with Crippen molar-refractivity contribution in [3.05, 3.63) is 34.3 Å². The third-order valence-electron chi connectivity index (χ3n) is 4.49. The standard InChI is InChI=1S/C19H31BrN4.HI/c1-15(2)8-11-22-19(21-3)23-18-9-12-24(13-10-18)14-16-4-6-17(20)7-5-16;/h4-7,15,18H,8-14H2,1-3H3,(H2,21,22,23);1H. The summed E-state index contributed by atoms with van der Waals surface area (Å²) in [6.07, 6.45) is 3.51. The van der Waals surface area contributed by atoms with Gasteiger partial charge in [0.15, 0.2) is 5.96 Å². The SMILES string of the molecule is CN=C(NCCC(C)C)NC1CCN(Cc2ccc(Br)cc2)CC1.I. The maximum absolute atomic E-state index is 4.35. The lowest BCUT2D eigenvalue weighted by molar-refractivity contribution is 0.198. The average molecular weight is 523 g/mol. The second-order valence-electron chi connectivity index (χ2n) is 7.00. The third-order valence-corrected chi connectivity index (χ3v) is 5.01. The zero-order chi connectivity index (χ0) is 17.4. The highest BCUT2D eigenvalue weighted by Gasteiger charge is 2.20. The van der Waals surface area contributed by atoms with Gasteiger partial charge in [0.2, 0.25) is 0 Å². The maximum Gasteiger partial charge on any atom is 0.191 e. The minimum absolute atomic E-state index is 0. The molecular formula is C19H32BrIN4. The summed E-state index contributed by atoms with van der Waals surface area (Å²) >= 11 is 3.49. The summed E-state index contributed by atoms with van der Waals surface area (Å²) < 4.78 is 1.14. The molecule has 0 aliphatic carbocycles. The van der Waals surface area contributed by atoms with Crippen LogP contribution in [0, 0.1) is 5.92 Å². The van der Waals surface area contributed by atoms with E-state index in [2.05, 4.69) is 74.6 Å². The van der Waals surface area contributed by atoms with Crippen LogP contribution < -0.4 is 10.6 Å². The lowest BCUT2D eigenvalue weighted by Crippen LogP contribution is -2.48. The molecule has 0 bridgehead atoms. The van der Waals surface area contributed by atoms with Crippen LogP contribution in [0.3, 0.4) is 0 Å². The molecule has 0 atom stereocenters. The van der Waals surface area contributed by atoms with Gasteiger partial charge in [-0.1, -0.05) is 41.9 Å². The molecule has 0 unspecified atom stereocenters. The average Bonchev–Trinajstić information content (AvgIpc) is 2.57. The van der Waals surface area contributed by atoms with Gasteiger partial charge < -0.3 is 10.6 Å². The first-order chi connectivity index (χ1) is 11.6. The largest absolute Gasteiger partial charge is 0.356 e. The predicted molar refractivity (Wildman–Crippen MR) is 122 cm³/mol. The molecule has 1 aromatic carbocycles. The van der Waals surface area contributed by atoms with Crippen LogP contribution in [-0.2, 0) is 6.54 Å². The van der Waals surface area contributed by atoms with Crippen LogP contribution in [0.1, 0.15) is 38.7 Å². The molecule has 1 aromatic rings. The molecule has 2 N–H and O–H groups in total. The Hall–Kier alpha value is -0.340. The number of rotatable bonds is 6. The van der Waals surface area contributed by atoms with Gasteiger partial charge in [-0.25, -0.2) is 0 Å². The minimum atomic E-state index is 0. The Morgan fingerprint density at radius 1 is 1.24 bits per heavy atom. The number of guanidine groups is 1.